The summed E-state index contributed by atoms with van der Waals surface area (Å²) >= 11 is 0. The highest BCUT2D eigenvalue weighted by Crippen LogP contribution is 2.29. The van der Waals surface area contributed by atoms with Gasteiger partial charge in [0.1, 0.15) is 5.75 Å². The third kappa shape index (κ3) is 3.41. The molecule has 0 saturated heterocycles. The van der Waals surface area contributed by atoms with Gasteiger partial charge in [0.2, 0.25) is 0 Å². The summed E-state index contributed by atoms with van der Waals surface area (Å²) in [6, 6.07) is 6.91. The Morgan fingerprint density at radius 3 is 2.57 bits per heavy atom. The van der Waals surface area contributed by atoms with Crippen LogP contribution < -0.4 is 10.1 Å². The molecule has 21 heavy (non-hydrogen) atoms. The number of nitrogens with zero attached hydrogens (tertiary/aromatic N) is 1. The van der Waals surface area contributed by atoms with Gasteiger partial charge in [-0.15, -0.1) is 0 Å². The number of benzene rings is 1. The molecule has 1 aromatic heterocycles. The molecule has 0 bridgehead atoms. The largest absolute Gasteiger partial charge is 0.491 e. The van der Waals surface area contributed by atoms with E-state index in [4.69, 9.17) is 4.74 Å². The van der Waals surface area contributed by atoms with Crippen LogP contribution >= 0.6 is 0 Å². The van der Waals surface area contributed by atoms with Gasteiger partial charge in [0, 0.05) is 36.2 Å². The standard InChI is InChI=1S/C18H28N2O/c1-7-13(4)21-15-8-9-18-16(10-15)17(11-19-12(2)3)14(5)20(18)6/h8-10,12-13,19H,7,11H2,1-6H3/t13-/m0/s1. The lowest BCUT2D eigenvalue weighted by atomic mass is 10.1. The van der Waals surface area contributed by atoms with Gasteiger partial charge in [0.25, 0.3) is 0 Å². The van der Waals surface area contributed by atoms with Crippen molar-refractivity contribution in [2.75, 3.05) is 0 Å². The van der Waals surface area contributed by atoms with Crippen LogP contribution in [0.5, 0.6) is 5.75 Å². The summed E-state index contributed by atoms with van der Waals surface area (Å²) in [5.41, 5.74) is 3.96. The molecule has 1 N–H and O–H groups in total. The third-order valence-electron chi connectivity index (χ3n) is 4.19. The molecule has 116 valence electrons. The van der Waals surface area contributed by atoms with Crippen molar-refractivity contribution in [2.45, 2.75) is 59.7 Å². The van der Waals surface area contributed by atoms with E-state index in [2.05, 4.69) is 69.7 Å². The van der Waals surface area contributed by atoms with E-state index in [0.29, 0.717) is 6.04 Å². The van der Waals surface area contributed by atoms with Crippen molar-refractivity contribution in [1.82, 2.24) is 9.88 Å². The fourth-order valence-electron chi connectivity index (χ4n) is 2.55. The van der Waals surface area contributed by atoms with E-state index in [-0.39, 0.29) is 6.10 Å². The Morgan fingerprint density at radius 2 is 1.95 bits per heavy atom. The first kappa shape index (κ1) is 15.9. The number of aromatic nitrogens is 1. The molecule has 1 aromatic carbocycles. The molecule has 2 rings (SSSR count). The number of rotatable bonds is 6. The SMILES string of the molecule is CC[C@H](C)Oc1ccc2c(c1)c(CNC(C)C)c(C)n2C. The molecular formula is C18H28N2O. The van der Waals surface area contributed by atoms with Crippen LogP contribution in [0.3, 0.4) is 0 Å². The maximum absolute atomic E-state index is 5.97. The molecule has 0 unspecified atom stereocenters. The highest BCUT2D eigenvalue weighted by molar-refractivity contribution is 5.86. The van der Waals surface area contributed by atoms with Gasteiger partial charge in [-0.2, -0.15) is 0 Å². The van der Waals surface area contributed by atoms with Crippen LogP contribution in [0.2, 0.25) is 0 Å². The van der Waals surface area contributed by atoms with Crippen LogP contribution in [0.4, 0.5) is 0 Å². The number of nitrogens with one attached hydrogen (secondary N) is 1. The fourth-order valence-corrected chi connectivity index (χ4v) is 2.55. The van der Waals surface area contributed by atoms with Crippen molar-refractivity contribution in [3.63, 3.8) is 0 Å². The monoisotopic (exact) mass is 288 g/mol. The van der Waals surface area contributed by atoms with Crippen LogP contribution in [-0.2, 0) is 13.6 Å². The minimum Gasteiger partial charge on any atom is -0.491 e. The predicted octanol–water partition coefficient (Wildman–Crippen LogP) is 4.16. The Morgan fingerprint density at radius 1 is 1.24 bits per heavy atom. The topological polar surface area (TPSA) is 26.2 Å². The van der Waals surface area contributed by atoms with Gasteiger partial charge in [-0.05, 0) is 44.0 Å². The molecule has 0 radical (unpaired) electrons. The average Bonchev–Trinajstić information content (AvgIpc) is 2.68. The summed E-state index contributed by atoms with van der Waals surface area (Å²) < 4.78 is 8.24. The normalized spacial score (nSPS) is 13.1. The zero-order chi connectivity index (χ0) is 15.6. The molecule has 0 saturated carbocycles. The lowest BCUT2D eigenvalue weighted by Gasteiger charge is -2.13. The number of fused-ring (bicyclic) bond motifs is 1. The second kappa shape index (κ2) is 6.52. The molecule has 1 atom stereocenters. The smallest absolute Gasteiger partial charge is 0.120 e. The average molecular weight is 288 g/mol. The third-order valence-corrected chi connectivity index (χ3v) is 4.19. The van der Waals surface area contributed by atoms with E-state index < -0.39 is 0 Å². The lowest BCUT2D eigenvalue weighted by Crippen LogP contribution is -2.22. The van der Waals surface area contributed by atoms with Gasteiger partial charge in [-0.1, -0.05) is 20.8 Å². The Balaban J connectivity index is 2.41. The minimum absolute atomic E-state index is 0.254. The van der Waals surface area contributed by atoms with E-state index in [9.17, 15) is 0 Å². The van der Waals surface area contributed by atoms with Crippen LogP contribution in [0.1, 0.15) is 45.4 Å². The molecule has 0 aliphatic heterocycles. The van der Waals surface area contributed by atoms with Gasteiger partial charge in [0.15, 0.2) is 0 Å². The van der Waals surface area contributed by atoms with Crippen LogP contribution in [0.15, 0.2) is 18.2 Å². The maximum Gasteiger partial charge on any atom is 0.120 e. The summed E-state index contributed by atoms with van der Waals surface area (Å²) in [5, 5.41) is 4.82. The fraction of sp³-hybridized carbons (Fsp3) is 0.556. The molecule has 3 heteroatoms. The molecular weight excluding hydrogens is 260 g/mol. The number of aryl methyl sites for hydroxylation is 1. The number of ether oxygens (including phenoxy) is 1. The van der Waals surface area contributed by atoms with Crippen LogP contribution in [0.25, 0.3) is 10.9 Å². The van der Waals surface area contributed by atoms with Gasteiger partial charge in [-0.3, -0.25) is 0 Å². The van der Waals surface area contributed by atoms with Crippen molar-refractivity contribution in [2.24, 2.45) is 7.05 Å². The van der Waals surface area contributed by atoms with Crippen LogP contribution in [-0.4, -0.2) is 16.7 Å². The summed E-state index contributed by atoms with van der Waals surface area (Å²) in [4.78, 5) is 0. The molecule has 3 nitrogen and oxygen atoms in total. The van der Waals surface area contributed by atoms with Gasteiger partial charge < -0.3 is 14.6 Å². The van der Waals surface area contributed by atoms with Gasteiger partial charge >= 0.3 is 0 Å². The molecule has 1 heterocycles. The van der Waals surface area contributed by atoms with Crippen molar-refractivity contribution in [1.29, 1.82) is 0 Å². The van der Waals surface area contributed by atoms with E-state index in [0.717, 1.165) is 18.7 Å². The van der Waals surface area contributed by atoms with Crippen molar-refractivity contribution >= 4 is 10.9 Å². The molecule has 0 aliphatic carbocycles. The predicted molar refractivity (Wildman–Crippen MR) is 90.0 cm³/mol. The highest BCUT2D eigenvalue weighted by Gasteiger charge is 2.13. The van der Waals surface area contributed by atoms with Crippen molar-refractivity contribution < 1.29 is 4.74 Å². The quantitative estimate of drug-likeness (QED) is 0.863. The molecule has 2 aromatic rings. The summed E-state index contributed by atoms with van der Waals surface area (Å²) in [6.45, 7) is 11.7. The Hall–Kier alpha value is -1.48. The zero-order valence-electron chi connectivity index (χ0n) is 14.2. The summed E-state index contributed by atoms with van der Waals surface area (Å²) in [6.07, 6.45) is 1.28. The zero-order valence-corrected chi connectivity index (χ0v) is 14.2. The highest BCUT2D eigenvalue weighted by atomic mass is 16.5. The van der Waals surface area contributed by atoms with E-state index in [1.807, 2.05) is 0 Å². The van der Waals surface area contributed by atoms with Crippen LogP contribution in [0, 0.1) is 6.92 Å². The second-order valence-corrected chi connectivity index (χ2v) is 6.17. The van der Waals surface area contributed by atoms with E-state index in [1.54, 1.807) is 0 Å². The Kier molecular flexibility index (Phi) is 4.94. The summed E-state index contributed by atoms with van der Waals surface area (Å²) in [5.74, 6) is 0.966. The van der Waals surface area contributed by atoms with Crippen molar-refractivity contribution in [3.8, 4) is 5.75 Å². The van der Waals surface area contributed by atoms with Gasteiger partial charge in [0.05, 0.1) is 6.10 Å². The first-order valence-corrected chi connectivity index (χ1v) is 7.92. The molecule has 0 amide bonds. The molecule has 0 spiro atoms. The van der Waals surface area contributed by atoms with Gasteiger partial charge in [-0.25, -0.2) is 0 Å². The minimum atomic E-state index is 0.254. The Bertz CT molecular complexity index is 613. The van der Waals surface area contributed by atoms with E-state index >= 15 is 0 Å². The molecule has 0 fully saturated rings. The Labute approximate surface area is 128 Å². The van der Waals surface area contributed by atoms with Crippen molar-refractivity contribution in [3.05, 3.63) is 29.5 Å². The maximum atomic E-state index is 5.97. The second-order valence-electron chi connectivity index (χ2n) is 6.17. The lowest BCUT2D eigenvalue weighted by molar-refractivity contribution is 0.217. The first-order valence-electron chi connectivity index (χ1n) is 7.92. The number of hydrogen-bond donors (Lipinski definition) is 1. The summed E-state index contributed by atoms with van der Waals surface area (Å²) in [7, 11) is 2.13. The number of hydrogen-bond acceptors (Lipinski definition) is 2. The molecule has 0 aliphatic rings. The van der Waals surface area contributed by atoms with E-state index in [1.165, 1.54) is 22.2 Å². The first-order chi connectivity index (χ1) is 9.93.